The minimum Gasteiger partial charge on any atom is -0.443 e. The van der Waals surface area contributed by atoms with Crippen molar-refractivity contribution in [2.75, 3.05) is 41.3 Å². The molecule has 1 radical (unpaired) electrons. The summed E-state index contributed by atoms with van der Waals surface area (Å²) in [6.45, 7) is 1.21. The highest BCUT2D eigenvalue weighted by Gasteiger charge is 2.05. The largest absolute Gasteiger partial charge is 0.443 e. The second-order valence-corrected chi connectivity index (χ2v) is 2.81. The van der Waals surface area contributed by atoms with Crippen molar-refractivity contribution in [2.45, 2.75) is 0 Å². The molecule has 0 aromatic carbocycles. The van der Waals surface area contributed by atoms with Gasteiger partial charge in [0.1, 0.15) is 20.7 Å². The molecule has 0 N–H and O–H groups in total. The first kappa shape index (κ1) is 10.2. The number of likely N-dealkylation sites (N-methyl/N-ethyl adjacent to an activating group) is 1. The Bertz CT molecular complexity index is 124. The third-order valence-electron chi connectivity index (χ3n) is 1.13. The first-order chi connectivity index (χ1) is 5.04. The van der Waals surface area contributed by atoms with Crippen LogP contribution < -0.4 is 4.90 Å². The van der Waals surface area contributed by atoms with Crippen LogP contribution in [0.5, 0.6) is 0 Å². The van der Waals surface area contributed by atoms with Crippen LogP contribution in [0, 0.1) is 0 Å². The van der Waals surface area contributed by atoms with Crippen LogP contribution in [0.25, 0.3) is 0 Å². The topological polar surface area (TPSA) is 35.4 Å². The molecule has 0 aromatic heterocycles. The fourth-order valence-electron chi connectivity index (χ4n) is 0.445. The average Bonchev–Trinajstić information content (AvgIpc) is 1.86. The monoisotopic (exact) mass is 160 g/mol. The molecule has 0 spiro atoms. The summed E-state index contributed by atoms with van der Waals surface area (Å²) in [6, 6.07) is 0. The SMILES string of the molecule is CN(C)C(=O)OCC[N+](C)C. The second-order valence-electron chi connectivity index (χ2n) is 2.81. The van der Waals surface area contributed by atoms with Crippen molar-refractivity contribution in [3.63, 3.8) is 0 Å². The highest BCUT2D eigenvalue weighted by Crippen LogP contribution is 1.84. The standard InChI is InChI=1S/C7H16N2O2/c1-8(2)5-6-11-7(10)9(3)4/h5-6H2,1-4H3/q+1. The Morgan fingerprint density at radius 1 is 1.45 bits per heavy atom. The smallest absolute Gasteiger partial charge is 0.409 e. The summed E-state index contributed by atoms with van der Waals surface area (Å²) in [6.07, 6.45) is -0.285. The van der Waals surface area contributed by atoms with Gasteiger partial charge in [-0.2, -0.15) is 4.90 Å². The maximum absolute atomic E-state index is 10.8. The predicted molar refractivity (Wildman–Crippen MR) is 43.9 cm³/mol. The van der Waals surface area contributed by atoms with Crippen LogP contribution in [-0.2, 0) is 4.74 Å². The third kappa shape index (κ3) is 5.66. The fourth-order valence-corrected chi connectivity index (χ4v) is 0.445. The number of hydrogen-bond donors (Lipinski definition) is 0. The van der Waals surface area contributed by atoms with Gasteiger partial charge < -0.3 is 9.64 Å². The molecule has 0 aliphatic carbocycles. The molecule has 11 heavy (non-hydrogen) atoms. The predicted octanol–water partition coefficient (Wildman–Crippen LogP) is 0.0843. The Morgan fingerprint density at radius 2 is 2.00 bits per heavy atom. The van der Waals surface area contributed by atoms with E-state index in [1.807, 2.05) is 19.0 Å². The van der Waals surface area contributed by atoms with Gasteiger partial charge in [0.05, 0.1) is 0 Å². The molecule has 1 amide bonds. The van der Waals surface area contributed by atoms with E-state index in [9.17, 15) is 4.79 Å². The summed E-state index contributed by atoms with van der Waals surface area (Å²) in [5, 5.41) is 0. The maximum atomic E-state index is 10.8. The van der Waals surface area contributed by atoms with Gasteiger partial charge in [-0.1, -0.05) is 0 Å². The van der Waals surface area contributed by atoms with Crippen LogP contribution in [0.2, 0.25) is 0 Å². The Balaban J connectivity index is 3.32. The van der Waals surface area contributed by atoms with Crippen LogP contribution in [0.3, 0.4) is 0 Å². The maximum Gasteiger partial charge on any atom is 0.409 e. The Labute approximate surface area is 67.7 Å². The number of nitrogens with zero attached hydrogens (tertiary/aromatic N) is 2. The molecule has 0 aliphatic rings. The normalized spacial score (nSPS) is 9.91. The van der Waals surface area contributed by atoms with Crippen LogP contribution >= 0.6 is 0 Å². The lowest BCUT2D eigenvalue weighted by molar-refractivity contribution is 0.116. The van der Waals surface area contributed by atoms with E-state index in [1.165, 1.54) is 4.90 Å². The van der Waals surface area contributed by atoms with Gasteiger partial charge in [0.2, 0.25) is 0 Å². The molecular formula is C7H16N2O2+. The van der Waals surface area contributed by atoms with Gasteiger partial charge in [-0.05, 0) is 0 Å². The Kier molecular flexibility index (Phi) is 4.61. The van der Waals surface area contributed by atoms with Crippen molar-refractivity contribution in [1.29, 1.82) is 0 Å². The first-order valence-corrected chi connectivity index (χ1v) is 3.53. The zero-order chi connectivity index (χ0) is 8.85. The molecule has 0 aromatic rings. The summed E-state index contributed by atoms with van der Waals surface area (Å²) in [4.78, 5) is 14.2. The molecule has 0 fully saturated rings. The molecule has 0 rings (SSSR count). The Hall–Kier alpha value is -0.770. The fraction of sp³-hybridized carbons (Fsp3) is 0.857. The zero-order valence-corrected chi connectivity index (χ0v) is 7.63. The van der Waals surface area contributed by atoms with Crippen molar-refractivity contribution >= 4 is 6.09 Å². The zero-order valence-electron chi connectivity index (χ0n) is 7.63. The molecule has 4 nitrogen and oxygen atoms in total. The van der Waals surface area contributed by atoms with E-state index in [-0.39, 0.29) is 6.09 Å². The van der Waals surface area contributed by atoms with E-state index in [4.69, 9.17) is 4.74 Å². The van der Waals surface area contributed by atoms with Crippen molar-refractivity contribution < 1.29 is 9.53 Å². The third-order valence-corrected chi connectivity index (χ3v) is 1.13. The van der Waals surface area contributed by atoms with Crippen LogP contribution in [0.15, 0.2) is 0 Å². The van der Waals surface area contributed by atoms with Crippen LogP contribution in [0.4, 0.5) is 4.79 Å². The van der Waals surface area contributed by atoms with E-state index >= 15 is 0 Å². The average molecular weight is 160 g/mol. The van der Waals surface area contributed by atoms with E-state index < -0.39 is 0 Å². The van der Waals surface area contributed by atoms with Gasteiger partial charge in [-0.3, -0.25) is 0 Å². The van der Waals surface area contributed by atoms with Gasteiger partial charge >= 0.3 is 6.09 Å². The van der Waals surface area contributed by atoms with Crippen molar-refractivity contribution in [1.82, 2.24) is 9.80 Å². The summed E-state index contributed by atoms with van der Waals surface area (Å²) >= 11 is 0. The molecule has 0 atom stereocenters. The lowest BCUT2D eigenvalue weighted by Gasteiger charge is -2.09. The summed E-state index contributed by atoms with van der Waals surface area (Å²) in [7, 11) is 7.20. The molecule has 65 valence electrons. The molecule has 0 saturated carbocycles. The Morgan fingerprint density at radius 3 is 2.36 bits per heavy atom. The first-order valence-electron chi connectivity index (χ1n) is 3.53. The number of amides is 1. The minimum atomic E-state index is -0.285. The van der Waals surface area contributed by atoms with Gasteiger partial charge in [0, 0.05) is 14.1 Å². The van der Waals surface area contributed by atoms with Crippen molar-refractivity contribution in [3.8, 4) is 0 Å². The summed E-state index contributed by atoms with van der Waals surface area (Å²) < 4.78 is 4.86. The number of rotatable bonds is 3. The molecule has 0 bridgehead atoms. The lowest BCUT2D eigenvalue weighted by Crippen LogP contribution is -2.29. The molecule has 0 aliphatic heterocycles. The van der Waals surface area contributed by atoms with Crippen LogP contribution in [-0.4, -0.2) is 52.3 Å². The van der Waals surface area contributed by atoms with E-state index in [2.05, 4.69) is 0 Å². The molecule has 0 heterocycles. The van der Waals surface area contributed by atoms with E-state index in [0.29, 0.717) is 6.61 Å². The number of ether oxygens (including phenoxy) is 1. The van der Waals surface area contributed by atoms with Gasteiger partial charge in [0.25, 0.3) is 0 Å². The van der Waals surface area contributed by atoms with E-state index in [1.54, 1.807) is 14.1 Å². The quantitative estimate of drug-likeness (QED) is 0.548. The van der Waals surface area contributed by atoms with Gasteiger partial charge in [0.15, 0.2) is 6.54 Å². The van der Waals surface area contributed by atoms with E-state index in [0.717, 1.165) is 6.54 Å². The molecule has 0 saturated heterocycles. The van der Waals surface area contributed by atoms with Gasteiger partial charge in [-0.25, -0.2) is 4.79 Å². The molecule has 0 unspecified atom stereocenters. The highest BCUT2D eigenvalue weighted by molar-refractivity contribution is 5.66. The molecule has 4 heteroatoms. The summed E-state index contributed by atoms with van der Waals surface area (Å²) in [5.41, 5.74) is 0. The highest BCUT2D eigenvalue weighted by atomic mass is 16.6. The number of carbonyl (C=O) groups excluding carboxylic acids is 1. The number of carbonyl (C=O) groups is 1. The second kappa shape index (κ2) is 4.96. The van der Waals surface area contributed by atoms with Crippen molar-refractivity contribution in [3.05, 3.63) is 0 Å². The molecular weight excluding hydrogens is 144 g/mol. The van der Waals surface area contributed by atoms with Crippen molar-refractivity contribution in [2.24, 2.45) is 0 Å². The lowest BCUT2D eigenvalue weighted by atomic mass is 10.6. The van der Waals surface area contributed by atoms with Gasteiger partial charge in [-0.15, -0.1) is 0 Å². The van der Waals surface area contributed by atoms with Crippen LogP contribution in [0.1, 0.15) is 0 Å². The number of hydrogen-bond acceptors (Lipinski definition) is 3. The minimum absolute atomic E-state index is 0.285. The summed E-state index contributed by atoms with van der Waals surface area (Å²) in [5.74, 6) is 0.